The van der Waals surface area contributed by atoms with Gasteiger partial charge in [0.05, 0.1) is 11.3 Å². The van der Waals surface area contributed by atoms with Gasteiger partial charge < -0.3 is 4.90 Å². The van der Waals surface area contributed by atoms with Gasteiger partial charge in [0, 0.05) is 25.2 Å². The van der Waals surface area contributed by atoms with Gasteiger partial charge in [0.2, 0.25) is 10.0 Å². The van der Waals surface area contributed by atoms with Crippen LogP contribution in [-0.4, -0.2) is 32.3 Å². The Bertz CT molecular complexity index is 956. The second-order valence-electron chi connectivity index (χ2n) is 6.99. The molecule has 2 aromatic carbocycles. The molecule has 0 unspecified atom stereocenters. The number of carbonyl (C=O) groups excluding carboxylic acids is 1. The first-order valence-electron chi connectivity index (χ1n) is 8.88. The Morgan fingerprint density at radius 2 is 1.69 bits per heavy atom. The van der Waals surface area contributed by atoms with Crippen LogP contribution in [0.2, 0.25) is 0 Å². The zero-order valence-corrected chi connectivity index (χ0v) is 17.1. The monoisotopic (exact) mass is 428 g/mol. The van der Waals surface area contributed by atoms with E-state index in [9.17, 15) is 26.4 Å². The minimum absolute atomic E-state index is 0.0320. The van der Waals surface area contributed by atoms with Crippen molar-refractivity contribution in [2.45, 2.75) is 38.4 Å². The van der Waals surface area contributed by atoms with Crippen LogP contribution in [-0.2, 0) is 28.5 Å². The minimum Gasteiger partial charge on any atom is -0.339 e. The second kappa shape index (κ2) is 8.96. The van der Waals surface area contributed by atoms with E-state index >= 15 is 0 Å². The van der Waals surface area contributed by atoms with Gasteiger partial charge in [-0.1, -0.05) is 30.3 Å². The molecule has 0 fully saturated rings. The first-order chi connectivity index (χ1) is 13.4. The van der Waals surface area contributed by atoms with E-state index in [0.29, 0.717) is 11.1 Å². The molecule has 5 nitrogen and oxygen atoms in total. The highest BCUT2D eigenvalue weighted by Crippen LogP contribution is 2.29. The molecule has 29 heavy (non-hydrogen) atoms. The van der Waals surface area contributed by atoms with Crippen molar-refractivity contribution >= 4 is 15.9 Å². The molecule has 0 saturated carbocycles. The molecule has 0 aliphatic heterocycles. The molecule has 0 spiro atoms. The van der Waals surface area contributed by atoms with Gasteiger partial charge in [0.15, 0.2) is 0 Å². The molecule has 2 rings (SSSR count). The Hall–Kier alpha value is -2.39. The highest BCUT2D eigenvalue weighted by atomic mass is 32.2. The van der Waals surface area contributed by atoms with Gasteiger partial charge >= 0.3 is 6.18 Å². The largest absolute Gasteiger partial charge is 0.416 e. The van der Waals surface area contributed by atoms with Crippen LogP contribution in [0, 0.1) is 0 Å². The van der Waals surface area contributed by atoms with E-state index in [1.165, 1.54) is 12.1 Å². The van der Waals surface area contributed by atoms with Crippen molar-refractivity contribution in [3.8, 4) is 0 Å². The maximum Gasteiger partial charge on any atom is 0.416 e. The SMILES string of the molecule is CC(C)N(C)C(=O)c1ccc(CNS(=O)(=O)Cc2cccc(C(F)(F)F)c2)cc1. The number of rotatable bonds is 7. The van der Waals surface area contributed by atoms with E-state index in [1.54, 1.807) is 36.2 Å². The molecule has 1 N–H and O–H groups in total. The quantitative estimate of drug-likeness (QED) is 0.730. The van der Waals surface area contributed by atoms with Gasteiger partial charge in [-0.15, -0.1) is 0 Å². The Morgan fingerprint density at radius 3 is 2.24 bits per heavy atom. The van der Waals surface area contributed by atoms with Crippen LogP contribution in [0.1, 0.15) is 40.9 Å². The van der Waals surface area contributed by atoms with Gasteiger partial charge in [0.1, 0.15) is 0 Å². The summed E-state index contributed by atoms with van der Waals surface area (Å²) in [6, 6.07) is 10.8. The minimum atomic E-state index is -4.53. The van der Waals surface area contributed by atoms with Gasteiger partial charge in [-0.3, -0.25) is 4.79 Å². The third kappa shape index (κ3) is 6.57. The molecule has 0 radical (unpaired) electrons. The summed E-state index contributed by atoms with van der Waals surface area (Å²) >= 11 is 0. The molecule has 1 amide bonds. The van der Waals surface area contributed by atoms with Crippen molar-refractivity contribution < 1.29 is 26.4 Å². The molecule has 0 aliphatic rings. The van der Waals surface area contributed by atoms with E-state index in [0.717, 1.165) is 12.1 Å². The number of sulfonamides is 1. The number of halogens is 3. The van der Waals surface area contributed by atoms with Crippen LogP contribution < -0.4 is 4.72 Å². The number of benzene rings is 2. The fourth-order valence-electron chi connectivity index (χ4n) is 2.50. The predicted molar refractivity (Wildman–Crippen MR) is 105 cm³/mol. The molecule has 0 bridgehead atoms. The van der Waals surface area contributed by atoms with Crippen molar-refractivity contribution in [2.75, 3.05) is 7.05 Å². The Kier molecular flexibility index (Phi) is 7.07. The topological polar surface area (TPSA) is 66.5 Å². The summed E-state index contributed by atoms with van der Waals surface area (Å²) in [4.78, 5) is 13.8. The number of nitrogens with one attached hydrogen (secondary N) is 1. The predicted octanol–water partition coefficient (Wildman–Crippen LogP) is 3.81. The van der Waals surface area contributed by atoms with Crippen LogP contribution in [0.4, 0.5) is 13.2 Å². The summed E-state index contributed by atoms with van der Waals surface area (Å²) in [5.41, 5.74) is 0.264. The number of hydrogen-bond donors (Lipinski definition) is 1. The fraction of sp³-hybridized carbons (Fsp3) is 0.350. The zero-order chi connectivity index (χ0) is 21.8. The third-order valence-corrected chi connectivity index (χ3v) is 5.70. The summed E-state index contributed by atoms with van der Waals surface area (Å²) in [5.74, 6) is -0.705. The molecular formula is C20H23F3N2O3S. The summed E-state index contributed by atoms with van der Waals surface area (Å²) in [7, 11) is -2.14. The summed E-state index contributed by atoms with van der Waals surface area (Å²) in [6.45, 7) is 3.76. The first kappa shape index (κ1) is 22.9. The Labute approximate surface area is 168 Å². The highest BCUT2D eigenvalue weighted by molar-refractivity contribution is 7.88. The van der Waals surface area contributed by atoms with E-state index in [-0.39, 0.29) is 24.1 Å². The highest BCUT2D eigenvalue weighted by Gasteiger charge is 2.30. The van der Waals surface area contributed by atoms with Crippen molar-refractivity contribution in [1.82, 2.24) is 9.62 Å². The Balaban J connectivity index is 2.01. The number of nitrogens with zero attached hydrogens (tertiary/aromatic N) is 1. The van der Waals surface area contributed by atoms with Crippen LogP contribution in [0.5, 0.6) is 0 Å². The van der Waals surface area contributed by atoms with Gasteiger partial charge in [-0.05, 0) is 43.2 Å². The molecule has 0 heterocycles. The summed E-state index contributed by atoms with van der Waals surface area (Å²) in [6.07, 6.45) is -4.53. The van der Waals surface area contributed by atoms with Crippen LogP contribution in [0.25, 0.3) is 0 Å². The van der Waals surface area contributed by atoms with E-state index in [4.69, 9.17) is 0 Å². The molecule has 0 aromatic heterocycles. The second-order valence-corrected chi connectivity index (χ2v) is 8.79. The maximum atomic E-state index is 12.8. The number of alkyl halides is 3. The lowest BCUT2D eigenvalue weighted by molar-refractivity contribution is -0.137. The molecule has 2 aromatic rings. The van der Waals surface area contributed by atoms with Gasteiger partial charge in [0.25, 0.3) is 5.91 Å². The fourth-order valence-corrected chi connectivity index (χ4v) is 3.61. The third-order valence-electron chi connectivity index (χ3n) is 4.40. The molecule has 0 aliphatic carbocycles. The lowest BCUT2D eigenvalue weighted by atomic mass is 10.1. The average molecular weight is 428 g/mol. The van der Waals surface area contributed by atoms with Crippen molar-refractivity contribution in [3.05, 3.63) is 70.8 Å². The van der Waals surface area contributed by atoms with Gasteiger partial charge in [-0.25, -0.2) is 13.1 Å². The number of amides is 1. The van der Waals surface area contributed by atoms with Crippen LogP contribution >= 0.6 is 0 Å². The Morgan fingerprint density at radius 1 is 1.07 bits per heavy atom. The molecule has 9 heteroatoms. The summed E-state index contributed by atoms with van der Waals surface area (Å²) in [5, 5.41) is 0. The maximum absolute atomic E-state index is 12.8. The zero-order valence-electron chi connectivity index (χ0n) is 16.3. The molecule has 0 atom stereocenters. The number of carbonyl (C=O) groups is 1. The normalized spacial score (nSPS) is 12.2. The molecule has 158 valence electrons. The number of hydrogen-bond acceptors (Lipinski definition) is 3. The van der Waals surface area contributed by atoms with Crippen molar-refractivity contribution in [2.24, 2.45) is 0 Å². The van der Waals surface area contributed by atoms with Gasteiger partial charge in [-0.2, -0.15) is 13.2 Å². The molecule has 0 saturated heterocycles. The van der Waals surface area contributed by atoms with E-state index < -0.39 is 27.5 Å². The summed E-state index contributed by atoms with van der Waals surface area (Å²) < 4.78 is 65.1. The van der Waals surface area contributed by atoms with E-state index in [1.807, 2.05) is 13.8 Å². The lowest BCUT2D eigenvalue weighted by Gasteiger charge is -2.21. The van der Waals surface area contributed by atoms with Crippen LogP contribution in [0.3, 0.4) is 0 Å². The van der Waals surface area contributed by atoms with Crippen LogP contribution in [0.15, 0.2) is 48.5 Å². The van der Waals surface area contributed by atoms with Crippen molar-refractivity contribution in [1.29, 1.82) is 0 Å². The van der Waals surface area contributed by atoms with Crippen molar-refractivity contribution in [3.63, 3.8) is 0 Å². The lowest BCUT2D eigenvalue weighted by Crippen LogP contribution is -2.32. The van der Waals surface area contributed by atoms with E-state index in [2.05, 4.69) is 4.72 Å². The standard InChI is InChI=1S/C20H23F3N2O3S/c1-14(2)25(3)19(26)17-9-7-15(8-10-17)12-24-29(27,28)13-16-5-4-6-18(11-16)20(21,22)23/h4-11,14,24H,12-13H2,1-3H3. The average Bonchev–Trinajstić information content (AvgIpc) is 2.65. The molecular weight excluding hydrogens is 405 g/mol. The smallest absolute Gasteiger partial charge is 0.339 e. The first-order valence-corrected chi connectivity index (χ1v) is 10.5.